The van der Waals surface area contributed by atoms with E-state index in [1.54, 1.807) is 6.07 Å². The molecular weight excluding hydrogens is 291 g/mol. The molecule has 2 aromatic rings. The maximum Gasteiger partial charge on any atom is 0.0474 e. The summed E-state index contributed by atoms with van der Waals surface area (Å²) in [5, 5.41) is 7.99. The van der Waals surface area contributed by atoms with Crippen LogP contribution in [-0.2, 0) is 12.8 Å². The molecule has 2 nitrogen and oxygen atoms in total. The molecule has 0 aromatic heterocycles. The van der Waals surface area contributed by atoms with Crippen molar-refractivity contribution in [2.45, 2.75) is 12.8 Å². The van der Waals surface area contributed by atoms with E-state index in [1.165, 1.54) is 23.2 Å². The summed E-state index contributed by atoms with van der Waals surface area (Å²) in [6.45, 7) is 2.08. The third-order valence-corrected chi connectivity index (χ3v) is 4.13. The molecule has 4 rings (SSSR count). The summed E-state index contributed by atoms with van der Waals surface area (Å²) < 4.78 is 0. The Morgan fingerprint density at radius 3 is 2.45 bits per heavy atom. The number of fused-ring (bicyclic) bond motifs is 2. The SMILES string of the molecule is Clc1cc(Cl)c2c(c1)NCC2.c1ccc2c(c1)CCN2. The Labute approximate surface area is 129 Å². The molecule has 0 atom stereocenters. The third-order valence-electron chi connectivity index (χ3n) is 3.58. The Bertz CT molecular complexity index is 603. The molecule has 20 heavy (non-hydrogen) atoms. The van der Waals surface area contributed by atoms with E-state index < -0.39 is 0 Å². The molecule has 0 bridgehead atoms. The van der Waals surface area contributed by atoms with E-state index >= 15 is 0 Å². The molecule has 4 heteroatoms. The maximum absolute atomic E-state index is 5.95. The molecule has 0 spiro atoms. The predicted molar refractivity (Wildman–Crippen MR) is 87.3 cm³/mol. The normalized spacial score (nSPS) is 14.5. The highest BCUT2D eigenvalue weighted by Crippen LogP contribution is 2.32. The molecule has 0 aliphatic carbocycles. The van der Waals surface area contributed by atoms with Crippen molar-refractivity contribution in [2.24, 2.45) is 0 Å². The lowest BCUT2D eigenvalue weighted by Gasteiger charge is -2.01. The van der Waals surface area contributed by atoms with Gasteiger partial charge in [-0.15, -0.1) is 0 Å². The van der Waals surface area contributed by atoms with Gasteiger partial charge in [-0.3, -0.25) is 0 Å². The van der Waals surface area contributed by atoms with Crippen LogP contribution in [0.5, 0.6) is 0 Å². The van der Waals surface area contributed by atoms with Gasteiger partial charge in [-0.2, -0.15) is 0 Å². The van der Waals surface area contributed by atoms with Crippen LogP contribution in [0.15, 0.2) is 36.4 Å². The predicted octanol–water partition coefficient (Wildman–Crippen LogP) is 4.62. The third kappa shape index (κ3) is 2.87. The second kappa shape index (κ2) is 5.94. The molecule has 0 saturated heterocycles. The summed E-state index contributed by atoms with van der Waals surface area (Å²) in [4.78, 5) is 0. The zero-order valence-corrected chi connectivity index (χ0v) is 12.6. The van der Waals surface area contributed by atoms with Crippen LogP contribution in [0.4, 0.5) is 11.4 Å². The van der Waals surface area contributed by atoms with Crippen molar-refractivity contribution in [3.05, 3.63) is 57.6 Å². The first kappa shape index (κ1) is 13.6. The molecule has 104 valence electrons. The standard InChI is InChI=1S/C8H7Cl2N.C8H9N/c9-5-3-7(10)6-1-2-11-8(6)4-5;1-2-4-8-7(3-1)5-6-9-8/h3-4,11H,1-2H2;1-4,9H,5-6H2. The summed E-state index contributed by atoms with van der Waals surface area (Å²) in [6, 6.07) is 12.2. The molecule has 2 aliphatic rings. The molecular formula is C16H16Cl2N2. The topological polar surface area (TPSA) is 24.1 Å². The van der Waals surface area contributed by atoms with Gasteiger partial charge in [0.05, 0.1) is 0 Å². The van der Waals surface area contributed by atoms with Gasteiger partial charge >= 0.3 is 0 Å². The number of para-hydroxylation sites is 1. The minimum absolute atomic E-state index is 0.697. The number of hydrogen-bond acceptors (Lipinski definition) is 2. The summed E-state index contributed by atoms with van der Waals surface area (Å²) in [7, 11) is 0. The van der Waals surface area contributed by atoms with Gasteiger partial charge in [0, 0.05) is 34.5 Å². The highest BCUT2D eigenvalue weighted by Gasteiger charge is 2.13. The summed E-state index contributed by atoms with van der Waals surface area (Å²) in [5.41, 5.74) is 5.05. The fourth-order valence-electron chi connectivity index (χ4n) is 2.58. The van der Waals surface area contributed by atoms with E-state index in [9.17, 15) is 0 Å². The van der Waals surface area contributed by atoms with Gasteiger partial charge in [-0.25, -0.2) is 0 Å². The Kier molecular flexibility index (Phi) is 4.04. The second-order valence-electron chi connectivity index (χ2n) is 4.92. The van der Waals surface area contributed by atoms with Gasteiger partial charge in [-0.1, -0.05) is 41.4 Å². The smallest absolute Gasteiger partial charge is 0.0474 e. The minimum Gasteiger partial charge on any atom is -0.384 e. The van der Waals surface area contributed by atoms with Gasteiger partial charge in [0.1, 0.15) is 0 Å². The number of anilines is 2. The van der Waals surface area contributed by atoms with Crippen molar-refractivity contribution < 1.29 is 0 Å². The van der Waals surface area contributed by atoms with Crippen molar-refractivity contribution in [2.75, 3.05) is 23.7 Å². The first-order valence-electron chi connectivity index (χ1n) is 6.77. The number of nitrogens with one attached hydrogen (secondary N) is 2. The lowest BCUT2D eigenvalue weighted by molar-refractivity contribution is 1.11. The van der Waals surface area contributed by atoms with Crippen LogP contribution in [0, 0.1) is 0 Å². The van der Waals surface area contributed by atoms with Crippen LogP contribution in [-0.4, -0.2) is 13.1 Å². The molecule has 0 saturated carbocycles. The van der Waals surface area contributed by atoms with Gasteiger partial charge in [0.2, 0.25) is 0 Å². The van der Waals surface area contributed by atoms with Crippen molar-refractivity contribution in [3.63, 3.8) is 0 Å². The number of benzene rings is 2. The fourth-order valence-corrected chi connectivity index (χ4v) is 3.17. The maximum atomic E-state index is 5.95. The van der Waals surface area contributed by atoms with Crippen molar-refractivity contribution in [1.29, 1.82) is 0 Å². The zero-order chi connectivity index (χ0) is 13.9. The van der Waals surface area contributed by atoms with Crippen molar-refractivity contribution >= 4 is 34.6 Å². The molecule has 0 radical (unpaired) electrons. The summed E-state index contributed by atoms with van der Waals surface area (Å²) in [6.07, 6.45) is 2.20. The van der Waals surface area contributed by atoms with Crippen LogP contribution in [0.1, 0.15) is 11.1 Å². The van der Waals surface area contributed by atoms with E-state index in [1.807, 2.05) is 6.07 Å². The van der Waals surface area contributed by atoms with E-state index in [4.69, 9.17) is 23.2 Å². The number of halogens is 2. The monoisotopic (exact) mass is 306 g/mol. The largest absolute Gasteiger partial charge is 0.384 e. The molecule has 0 fully saturated rings. The van der Waals surface area contributed by atoms with Crippen LogP contribution in [0.25, 0.3) is 0 Å². The molecule has 2 aromatic carbocycles. The van der Waals surface area contributed by atoms with Crippen LogP contribution in [0.3, 0.4) is 0 Å². The number of hydrogen-bond donors (Lipinski definition) is 2. The zero-order valence-electron chi connectivity index (χ0n) is 11.0. The molecule has 2 heterocycles. The molecule has 0 unspecified atom stereocenters. The van der Waals surface area contributed by atoms with Gasteiger partial charge in [-0.05, 0) is 42.2 Å². The first-order valence-corrected chi connectivity index (χ1v) is 7.53. The molecule has 2 N–H and O–H groups in total. The lowest BCUT2D eigenvalue weighted by Crippen LogP contribution is -1.90. The summed E-state index contributed by atoms with van der Waals surface area (Å²) >= 11 is 11.8. The average molecular weight is 307 g/mol. The van der Waals surface area contributed by atoms with Gasteiger partial charge < -0.3 is 10.6 Å². The van der Waals surface area contributed by atoms with Gasteiger partial charge in [0.25, 0.3) is 0 Å². The number of rotatable bonds is 0. The Morgan fingerprint density at radius 2 is 1.60 bits per heavy atom. The molecule has 2 aliphatic heterocycles. The van der Waals surface area contributed by atoms with Gasteiger partial charge in [0.15, 0.2) is 0 Å². The van der Waals surface area contributed by atoms with Crippen LogP contribution >= 0.6 is 23.2 Å². The first-order chi connectivity index (χ1) is 9.74. The minimum atomic E-state index is 0.697. The van der Waals surface area contributed by atoms with E-state index in [0.29, 0.717) is 5.02 Å². The van der Waals surface area contributed by atoms with E-state index in [-0.39, 0.29) is 0 Å². The average Bonchev–Trinajstić information content (AvgIpc) is 3.06. The van der Waals surface area contributed by atoms with Crippen molar-refractivity contribution in [3.8, 4) is 0 Å². The lowest BCUT2D eigenvalue weighted by atomic mass is 10.2. The Balaban J connectivity index is 0.000000123. The Morgan fingerprint density at radius 1 is 0.850 bits per heavy atom. The summed E-state index contributed by atoms with van der Waals surface area (Å²) in [5.74, 6) is 0. The van der Waals surface area contributed by atoms with E-state index in [2.05, 4.69) is 34.9 Å². The van der Waals surface area contributed by atoms with Crippen LogP contribution < -0.4 is 10.6 Å². The second-order valence-corrected chi connectivity index (χ2v) is 5.77. The highest BCUT2D eigenvalue weighted by atomic mass is 35.5. The van der Waals surface area contributed by atoms with Crippen molar-refractivity contribution in [1.82, 2.24) is 0 Å². The van der Waals surface area contributed by atoms with E-state index in [0.717, 1.165) is 30.2 Å². The molecule has 0 amide bonds. The highest BCUT2D eigenvalue weighted by molar-refractivity contribution is 6.35. The Hall–Kier alpha value is -1.38. The quantitative estimate of drug-likeness (QED) is 0.742. The van der Waals surface area contributed by atoms with Crippen LogP contribution in [0.2, 0.25) is 10.0 Å². The fraction of sp³-hybridized carbons (Fsp3) is 0.250.